The molecule has 0 radical (unpaired) electrons. The largest absolute Gasteiger partial charge is 0.297 e. The molecule has 1 heterocycles. The summed E-state index contributed by atoms with van der Waals surface area (Å²) in [4.78, 5) is 1.32. The summed E-state index contributed by atoms with van der Waals surface area (Å²) in [5.41, 5.74) is 0. The Labute approximate surface area is 130 Å². The minimum absolute atomic E-state index is 0.0279. The maximum absolute atomic E-state index is 13.6. The van der Waals surface area contributed by atoms with Gasteiger partial charge in [-0.25, -0.2) is 21.9 Å². The Balaban J connectivity index is 2.06. The molecule has 0 unspecified atom stereocenters. The lowest BCUT2D eigenvalue weighted by Gasteiger charge is -2.38. The van der Waals surface area contributed by atoms with E-state index in [-0.39, 0.29) is 12.6 Å². The minimum Gasteiger partial charge on any atom is -0.297 e. The molecule has 0 amide bonds. The highest BCUT2D eigenvalue weighted by atomic mass is 32.2. The maximum atomic E-state index is 13.6. The van der Waals surface area contributed by atoms with Gasteiger partial charge in [0.15, 0.2) is 4.90 Å². The Morgan fingerprint density at radius 3 is 2.55 bits per heavy atom. The topological polar surface area (TPSA) is 49.4 Å². The SMILES string of the molecule is C[C@@H]1CCCCN1[C@H](C)CNS(=O)(=O)c1c(F)cccc1F. The molecule has 2 atom stereocenters. The predicted octanol–water partition coefficient (Wildman–Crippen LogP) is 2.51. The van der Waals surface area contributed by atoms with Crippen molar-refractivity contribution in [1.82, 2.24) is 9.62 Å². The maximum Gasteiger partial charge on any atom is 0.246 e. The van der Waals surface area contributed by atoms with E-state index in [1.807, 2.05) is 6.92 Å². The van der Waals surface area contributed by atoms with Gasteiger partial charge in [0.25, 0.3) is 0 Å². The summed E-state index contributed by atoms with van der Waals surface area (Å²) in [5.74, 6) is -2.15. The van der Waals surface area contributed by atoms with Crippen LogP contribution in [-0.4, -0.2) is 38.5 Å². The number of benzene rings is 1. The van der Waals surface area contributed by atoms with Gasteiger partial charge >= 0.3 is 0 Å². The quantitative estimate of drug-likeness (QED) is 0.901. The van der Waals surface area contributed by atoms with Gasteiger partial charge in [-0.3, -0.25) is 4.90 Å². The Morgan fingerprint density at radius 2 is 1.95 bits per heavy atom. The monoisotopic (exact) mass is 332 g/mol. The van der Waals surface area contributed by atoms with Crippen LogP contribution in [0.3, 0.4) is 0 Å². The molecule has 4 nitrogen and oxygen atoms in total. The lowest BCUT2D eigenvalue weighted by Crippen LogP contribution is -2.48. The molecule has 0 bridgehead atoms. The van der Waals surface area contributed by atoms with Crippen LogP contribution in [0.1, 0.15) is 33.1 Å². The van der Waals surface area contributed by atoms with Crippen LogP contribution in [0, 0.1) is 11.6 Å². The zero-order valence-corrected chi connectivity index (χ0v) is 13.7. The van der Waals surface area contributed by atoms with E-state index in [1.54, 1.807) is 0 Å². The summed E-state index contributed by atoms with van der Waals surface area (Å²) in [5, 5.41) is 0. The number of nitrogens with zero attached hydrogens (tertiary/aromatic N) is 1. The predicted molar refractivity (Wildman–Crippen MR) is 81.0 cm³/mol. The standard InChI is InChI=1S/C15H22F2N2O2S/c1-11-6-3-4-9-19(11)12(2)10-18-22(20,21)15-13(16)7-5-8-14(15)17/h5,7-8,11-12,18H,3-4,6,9-10H2,1-2H3/t11-,12-/m1/s1. The first-order valence-electron chi connectivity index (χ1n) is 7.52. The van der Waals surface area contributed by atoms with Crippen LogP contribution in [0.15, 0.2) is 23.1 Å². The molecule has 124 valence electrons. The molecule has 1 aliphatic heterocycles. The lowest BCUT2D eigenvalue weighted by atomic mass is 10.0. The lowest BCUT2D eigenvalue weighted by molar-refractivity contribution is 0.116. The van der Waals surface area contributed by atoms with Gasteiger partial charge < -0.3 is 0 Å². The fraction of sp³-hybridized carbons (Fsp3) is 0.600. The number of piperidine rings is 1. The summed E-state index contributed by atoms with van der Waals surface area (Å²) in [6, 6.07) is 3.38. The molecule has 7 heteroatoms. The van der Waals surface area contributed by atoms with E-state index < -0.39 is 26.6 Å². The fourth-order valence-electron chi connectivity index (χ4n) is 2.93. The third kappa shape index (κ3) is 3.83. The molecule has 1 N–H and O–H groups in total. The number of nitrogens with one attached hydrogen (secondary N) is 1. The second-order valence-electron chi connectivity index (χ2n) is 5.83. The van der Waals surface area contributed by atoms with Gasteiger partial charge in [0.05, 0.1) is 0 Å². The number of hydrogen-bond donors (Lipinski definition) is 1. The highest BCUT2D eigenvalue weighted by molar-refractivity contribution is 7.89. The number of hydrogen-bond acceptors (Lipinski definition) is 3. The van der Waals surface area contributed by atoms with E-state index in [4.69, 9.17) is 0 Å². The molecule has 22 heavy (non-hydrogen) atoms. The van der Waals surface area contributed by atoms with Crippen LogP contribution in [0.25, 0.3) is 0 Å². The Hall–Kier alpha value is -1.05. The van der Waals surface area contributed by atoms with Gasteiger partial charge in [-0.2, -0.15) is 0 Å². The van der Waals surface area contributed by atoms with Crippen molar-refractivity contribution >= 4 is 10.0 Å². The zero-order chi connectivity index (χ0) is 16.3. The first-order valence-corrected chi connectivity index (χ1v) is 9.00. The van der Waals surface area contributed by atoms with Crippen molar-refractivity contribution in [3.05, 3.63) is 29.8 Å². The Bertz CT molecular complexity index is 602. The van der Waals surface area contributed by atoms with Crippen LogP contribution < -0.4 is 4.72 Å². The van der Waals surface area contributed by atoms with E-state index in [9.17, 15) is 17.2 Å². The second-order valence-corrected chi connectivity index (χ2v) is 7.54. The molecule has 2 rings (SSSR count). The van der Waals surface area contributed by atoms with Gasteiger partial charge in [0.1, 0.15) is 11.6 Å². The molecule has 1 aromatic rings. The number of likely N-dealkylation sites (tertiary alicyclic amines) is 1. The summed E-state index contributed by atoms with van der Waals surface area (Å²) in [6.45, 7) is 5.07. The average Bonchev–Trinajstić information content (AvgIpc) is 2.45. The first kappa shape index (κ1) is 17.3. The van der Waals surface area contributed by atoms with E-state index in [2.05, 4.69) is 16.5 Å². The Morgan fingerprint density at radius 1 is 1.32 bits per heavy atom. The molecule has 0 aliphatic carbocycles. The highest BCUT2D eigenvalue weighted by Crippen LogP contribution is 2.20. The molecule has 0 spiro atoms. The van der Waals surface area contributed by atoms with E-state index in [1.165, 1.54) is 6.42 Å². The molecular formula is C15H22F2N2O2S. The zero-order valence-electron chi connectivity index (χ0n) is 12.9. The van der Waals surface area contributed by atoms with Gasteiger partial charge in [0.2, 0.25) is 10.0 Å². The molecule has 0 saturated carbocycles. The first-order chi connectivity index (χ1) is 10.3. The number of halogens is 2. The van der Waals surface area contributed by atoms with Crippen molar-refractivity contribution in [2.24, 2.45) is 0 Å². The summed E-state index contributed by atoms with van der Waals surface area (Å²) in [6.07, 6.45) is 3.35. The van der Waals surface area contributed by atoms with Gasteiger partial charge in [-0.05, 0) is 45.4 Å². The van der Waals surface area contributed by atoms with Crippen molar-refractivity contribution in [2.45, 2.75) is 50.1 Å². The summed E-state index contributed by atoms with van der Waals surface area (Å²) >= 11 is 0. The molecule has 1 saturated heterocycles. The third-order valence-corrected chi connectivity index (χ3v) is 5.65. The molecule has 1 fully saturated rings. The minimum atomic E-state index is -4.20. The molecule has 0 aromatic heterocycles. The van der Waals surface area contributed by atoms with Gasteiger partial charge in [-0.1, -0.05) is 12.5 Å². The van der Waals surface area contributed by atoms with Crippen LogP contribution >= 0.6 is 0 Å². The fourth-order valence-corrected chi connectivity index (χ4v) is 4.19. The van der Waals surface area contributed by atoms with E-state index >= 15 is 0 Å². The van der Waals surface area contributed by atoms with Crippen molar-refractivity contribution in [2.75, 3.05) is 13.1 Å². The summed E-state index contributed by atoms with van der Waals surface area (Å²) < 4.78 is 53.8. The highest BCUT2D eigenvalue weighted by Gasteiger charge is 2.27. The van der Waals surface area contributed by atoms with Crippen molar-refractivity contribution in [3.8, 4) is 0 Å². The number of rotatable bonds is 5. The molecule has 1 aromatic carbocycles. The van der Waals surface area contributed by atoms with Gasteiger partial charge in [-0.15, -0.1) is 0 Å². The van der Waals surface area contributed by atoms with Crippen LogP contribution in [-0.2, 0) is 10.0 Å². The van der Waals surface area contributed by atoms with Crippen LogP contribution in [0.4, 0.5) is 8.78 Å². The molecule has 1 aliphatic rings. The van der Waals surface area contributed by atoms with E-state index in [0.717, 1.165) is 37.6 Å². The summed E-state index contributed by atoms with van der Waals surface area (Å²) in [7, 11) is -4.20. The van der Waals surface area contributed by atoms with Crippen molar-refractivity contribution in [1.29, 1.82) is 0 Å². The normalized spacial score (nSPS) is 21.7. The second kappa shape index (κ2) is 7.02. The van der Waals surface area contributed by atoms with Gasteiger partial charge in [0, 0.05) is 18.6 Å². The smallest absolute Gasteiger partial charge is 0.246 e. The third-order valence-electron chi connectivity index (χ3n) is 4.18. The van der Waals surface area contributed by atoms with E-state index in [0.29, 0.717) is 6.04 Å². The van der Waals surface area contributed by atoms with Crippen LogP contribution in [0.2, 0.25) is 0 Å². The van der Waals surface area contributed by atoms with Crippen molar-refractivity contribution < 1.29 is 17.2 Å². The molecular weight excluding hydrogens is 310 g/mol. The Kier molecular flexibility index (Phi) is 5.52. The van der Waals surface area contributed by atoms with Crippen LogP contribution in [0.5, 0.6) is 0 Å². The van der Waals surface area contributed by atoms with Crippen molar-refractivity contribution in [3.63, 3.8) is 0 Å². The number of sulfonamides is 1. The average molecular weight is 332 g/mol.